The molecule has 0 bridgehead atoms. The van der Waals surface area contributed by atoms with Crippen molar-refractivity contribution in [2.45, 2.75) is 6.61 Å². The Labute approximate surface area is 190 Å². The van der Waals surface area contributed by atoms with E-state index in [1.807, 2.05) is 84.9 Å². The van der Waals surface area contributed by atoms with Crippen LogP contribution in [0.15, 0.2) is 88.1 Å². The molecule has 2 heterocycles. The van der Waals surface area contributed by atoms with Gasteiger partial charge in [0.1, 0.15) is 12.4 Å². The molecule has 3 aromatic carbocycles. The van der Waals surface area contributed by atoms with Crippen LogP contribution in [0.25, 0.3) is 22.4 Å². The van der Waals surface area contributed by atoms with E-state index in [0.29, 0.717) is 21.9 Å². The molecule has 0 aliphatic rings. The predicted molar refractivity (Wildman–Crippen MR) is 126 cm³/mol. The molecule has 5 rings (SSSR count). The smallest absolute Gasteiger partial charge is 0.291 e. The Balaban J connectivity index is 1.37. The third-order valence-electron chi connectivity index (χ3n) is 4.71. The molecular formula is C24H16BrN3O2S. The number of aromatic nitrogens is 3. The number of halogens is 1. The van der Waals surface area contributed by atoms with Gasteiger partial charge in [-0.25, -0.2) is 0 Å². The zero-order valence-electron chi connectivity index (χ0n) is 16.2. The summed E-state index contributed by atoms with van der Waals surface area (Å²) >= 11 is 4.75. The maximum absolute atomic E-state index is 12.8. The number of fused-ring (bicyclic) bond motifs is 1. The van der Waals surface area contributed by atoms with Gasteiger partial charge in [0.2, 0.25) is 4.96 Å². The second-order valence-electron chi connectivity index (χ2n) is 6.90. The Kier molecular flexibility index (Phi) is 5.36. The number of nitrogens with zero attached hydrogens (tertiary/aromatic N) is 3. The highest BCUT2D eigenvalue weighted by Gasteiger charge is 2.12. The zero-order chi connectivity index (χ0) is 21.2. The minimum atomic E-state index is -0.166. The summed E-state index contributed by atoms with van der Waals surface area (Å²) in [5.74, 6) is 1.33. The van der Waals surface area contributed by atoms with Gasteiger partial charge in [0.25, 0.3) is 5.56 Å². The molecule has 31 heavy (non-hydrogen) atoms. The SMILES string of the molecule is O=c1/c(=C\c2ccc(OCc3ccccc3)cc2)sc2nc(-c3ccc(Br)cc3)nn12. The van der Waals surface area contributed by atoms with Crippen LogP contribution in [-0.2, 0) is 6.61 Å². The van der Waals surface area contributed by atoms with Crippen LogP contribution in [0.5, 0.6) is 5.75 Å². The molecule has 152 valence electrons. The summed E-state index contributed by atoms with van der Waals surface area (Å²) in [6.45, 7) is 0.517. The first-order valence-electron chi connectivity index (χ1n) is 9.60. The first-order chi connectivity index (χ1) is 15.2. The second-order valence-corrected chi connectivity index (χ2v) is 8.82. The summed E-state index contributed by atoms with van der Waals surface area (Å²) in [5, 5.41) is 4.39. The molecular weight excluding hydrogens is 474 g/mol. The van der Waals surface area contributed by atoms with E-state index in [1.54, 1.807) is 0 Å². The van der Waals surface area contributed by atoms with E-state index < -0.39 is 0 Å². The summed E-state index contributed by atoms with van der Waals surface area (Å²) in [5.41, 5.74) is 2.74. The predicted octanol–water partition coefficient (Wildman–Crippen LogP) is 4.71. The fourth-order valence-corrected chi connectivity index (χ4v) is 4.28. The Morgan fingerprint density at radius 2 is 1.71 bits per heavy atom. The minimum absolute atomic E-state index is 0.166. The van der Waals surface area contributed by atoms with Crippen LogP contribution in [0.1, 0.15) is 11.1 Å². The third-order valence-corrected chi connectivity index (χ3v) is 6.20. The summed E-state index contributed by atoms with van der Waals surface area (Å²) in [6.07, 6.45) is 1.85. The lowest BCUT2D eigenvalue weighted by atomic mass is 10.2. The molecule has 0 radical (unpaired) electrons. The van der Waals surface area contributed by atoms with Crippen molar-refractivity contribution >= 4 is 38.3 Å². The monoisotopic (exact) mass is 489 g/mol. The third kappa shape index (κ3) is 4.28. The zero-order valence-corrected chi connectivity index (χ0v) is 18.6. The van der Waals surface area contributed by atoms with Gasteiger partial charge < -0.3 is 4.74 Å². The Morgan fingerprint density at radius 1 is 0.968 bits per heavy atom. The van der Waals surface area contributed by atoms with Gasteiger partial charge in [0.05, 0.1) is 4.53 Å². The average molecular weight is 490 g/mol. The molecule has 0 aliphatic carbocycles. The molecule has 0 atom stereocenters. The molecule has 0 spiro atoms. The topological polar surface area (TPSA) is 56.5 Å². The lowest BCUT2D eigenvalue weighted by molar-refractivity contribution is 0.306. The molecule has 0 amide bonds. The van der Waals surface area contributed by atoms with Gasteiger partial charge in [-0.05, 0) is 41.5 Å². The van der Waals surface area contributed by atoms with E-state index in [9.17, 15) is 4.79 Å². The second kappa shape index (κ2) is 8.45. The van der Waals surface area contributed by atoms with E-state index in [4.69, 9.17) is 4.74 Å². The molecule has 7 heteroatoms. The number of thiazole rings is 1. The van der Waals surface area contributed by atoms with Crippen LogP contribution >= 0.6 is 27.3 Å². The molecule has 0 N–H and O–H groups in total. The van der Waals surface area contributed by atoms with Crippen LogP contribution in [0.3, 0.4) is 0 Å². The number of rotatable bonds is 5. The minimum Gasteiger partial charge on any atom is -0.489 e. The molecule has 0 saturated heterocycles. The van der Waals surface area contributed by atoms with Crippen LogP contribution < -0.4 is 14.8 Å². The van der Waals surface area contributed by atoms with Crippen LogP contribution in [0.4, 0.5) is 0 Å². The van der Waals surface area contributed by atoms with Gasteiger partial charge in [0.15, 0.2) is 5.82 Å². The van der Waals surface area contributed by atoms with Gasteiger partial charge in [-0.15, -0.1) is 5.10 Å². The highest BCUT2D eigenvalue weighted by Crippen LogP contribution is 2.19. The van der Waals surface area contributed by atoms with E-state index >= 15 is 0 Å². The summed E-state index contributed by atoms with van der Waals surface area (Å²) < 4.78 is 8.76. The van der Waals surface area contributed by atoms with Gasteiger partial charge in [-0.2, -0.15) is 9.50 Å². The van der Waals surface area contributed by atoms with Gasteiger partial charge in [-0.3, -0.25) is 4.79 Å². The Bertz CT molecular complexity index is 1440. The molecule has 0 unspecified atom stereocenters. The fourth-order valence-electron chi connectivity index (χ4n) is 3.11. The van der Waals surface area contributed by atoms with Crippen LogP contribution in [-0.4, -0.2) is 14.6 Å². The van der Waals surface area contributed by atoms with Crippen LogP contribution in [0, 0.1) is 0 Å². The van der Waals surface area contributed by atoms with Crippen molar-refractivity contribution in [2.75, 3.05) is 0 Å². The molecule has 0 fully saturated rings. The molecule has 5 nitrogen and oxygen atoms in total. The lowest BCUT2D eigenvalue weighted by Crippen LogP contribution is -2.23. The van der Waals surface area contributed by atoms with Crippen molar-refractivity contribution in [3.05, 3.63) is 109 Å². The number of hydrogen-bond acceptors (Lipinski definition) is 5. The highest BCUT2D eigenvalue weighted by molar-refractivity contribution is 9.10. The van der Waals surface area contributed by atoms with Crippen molar-refractivity contribution in [3.8, 4) is 17.1 Å². The summed E-state index contributed by atoms with van der Waals surface area (Å²) in [7, 11) is 0. The van der Waals surface area contributed by atoms with E-state index in [1.165, 1.54) is 15.9 Å². The largest absolute Gasteiger partial charge is 0.489 e. The van der Waals surface area contributed by atoms with E-state index in [-0.39, 0.29) is 5.56 Å². The first kappa shape index (κ1) is 19.7. The maximum Gasteiger partial charge on any atom is 0.291 e. The Morgan fingerprint density at radius 3 is 2.42 bits per heavy atom. The summed E-state index contributed by atoms with van der Waals surface area (Å²) in [4.78, 5) is 17.9. The van der Waals surface area contributed by atoms with E-state index in [2.05, 4.69) is 26.0 Å². The van der Waals surface area contributed by atoms with Crippen molar-refractivity contribution in [2.24, 2.45) is 0 Å². The van der Waals surface area contributed by atoms with Gasteiger partial charge >= 0.3 is 0 Å². The van der Waals surface area contributed by atoms with Gasteiger partial charge in [-0.1, -0.05) is 81.9 Å². The van der Waals surface area contributed by atoms with Crippen molar-refractivity contribution < 1.29 is 4.74 Å². The number of benzene rings is 3. The van der Waals surface area contributed by atoms with Crippen molar-refractivity contribution in [1.29, 1.82) is 0 Å². The fraction of sp³-hybridized carbons (Fsp3) is 0.0417. The number of ether oxygens (including phenoxy) is 1. The van der Waals surface area contributed by atoms with E-state index in [0.717, 1.165) is 26.9 Å². The molecule has 2 aromatic heterocycles. The van der Waals surface area contributed by atoms with Crippen LogP contribution in [0.2, 0.25) is 0 Å². The van der Waals surface area contributed by atoms with Crippen molar-refractivity contribution in [1.82, 2.24) is 14.6 Å². The number of hydrogen-bond donors (Lipinski definition) is 0. The van der Waals surface area contributed by atoms with Gasteiger partial charge in [0, 0.05) is 10.0 Å². The highest BCUT2D eigenvalue weighted by atomic mass is 79.9. The molecule has 5 aromatic rings. The molecule has 0 aliphatic heterocycles. The average Bonchev–Trinajstić information content (AvgIpc) is 3.34. The maximum atomic E-state index is 12.8. The standard InChI is InChI=1S/C24H16BrN3O2S/c25-19-10-8-18(9-11-19)22-26-24-28(27-22)23(29)21(31-24)14-16-6-12-20(13-7-16)30-15-17-4-2-1-3-5-17/h1-14H,15H2/b21-14+. The lowest BCUT2D eigenvalue weighted by Gasteiger charge is -2.06. The molecule has 0 saturated carbocycles. The first-order valence-corrected chi connectivity index (χ1v) is 11.2. The quantitative estimate of drug-likeness (QED) is 0.358. The normalized spacial score (nSPS) is 11.8. The van der Waals surface area contributed by atoms with Crippen molar-refractivity contribution in [3.63, 3.8) is 0 Å². The Hall–Kier alpha value is -3.29. The summed E-state index contributed by atoms with van der Waals surface area (Å²) in [6, 6.07) is 25.4.